The van der Waals surface area contributed by atoms with Gasteiger partial charge in [0.2, 0.25) is 0 Å². The van der Waals surface area contributed by atoms with Crippen LogP contribution < -0.4 is 4.72 Å². The fourth-order valence-corrected chi connectivity index (χ4v) is 3.96. The first-order chi connectivity index (χ1) is 9.40. The van der Waals surface area contributed by atoms with Gasteiger partial charge in [0.25, 0.3) is 10.0 Å². The number of rotatable bonds is 5. The summed E-state index contributed by atoms with van der Waals surface area (Å²) < 4.78 is 26.7. The molecule has 0 aliphatic rings. The molecule has 8 heteroatoms. The third kappa shape index (κ3) is 3.21. The Kier molecular flexibility index (Phi) is 4.17. The Bertz CT molecular complexity index is 710. The minimum atomic E-state index is -3.74. The van der Waals surface area contributed by atoms with Crippen molar-refractivity contribution in [3.8, 4) is 0 Å². The predicted octanol–water partition coefficient (Wildman–Crippen LogP) is 1.88. The summed E-state index contributed by atoms with van der Waals surface area (Å²) in [5, 5.41) is 8.81. The van der Waals surface area contributed by atoms with Crippen LogP contribution in [0.4, 0.5) is 0 Å². The number of aromatic carboxylic acids is 1. The first-order valence-electron chi connectivity index (χ1n) is 5.65. The van der Waals surface area contributed by atoms with Gasteiger partial charge in [-0.2, -0.15) is 0 Å². The highest BCUT2D eigenvalue weighted by molar-refractivity contribution is 7.91. The van der Waals surface area contributed by atoms with E-state index in [4.69, 9.17) is 5.11 Å². The van der Waals surface area contributed by atoms with E-state index in [1.54, 1.807) is 31.5 Å². The van der Waals surface area contributed by atoms with Gasteiger partial charge in [0.15, 0.2) is 0 Å². The minimum absolute atomic E-state index is 0.0144. The van der Waals surface area contributed by atoms with Crippen LogP contribution in [0.1, 0.15) is 28.2 Å². The van der Waals surface area contributed by atoms with E-state index >= 15 is 0 Å². The number of hydrogen-bond donors (Lipinski definition) is 2. The molecular weight excluding hydrogens is 300 g/mol. The number of sulfonamides is 1. The standard InChI is InChI=1S/C12H12N2O4S2/c1-8(9-3-2-6-13-7-9)14-20(17,18)11-5-4-10(19-11)12(15)16/h2-8,14H,1H3,(H,15,16)/t8-/m1/s1. The van der Waals surface area contributed by atoms with Crippen molar-refractivity contribution < 1.29 is 18.3 Å². The molecule has 0 fully saturated rings. The van der Waals surface area contributed by atoms with Gasteiger partial charge in [0, 0.05) is 18.4 Å². The highest BCUT2D eigenvalue weighted by Crippen LogP contribution is 2.23. The van der Waals surface area contributed by atoms with Crippen LogP contribution in [0.5, 0.6) is 0 Å². The molecule has 0 unspecified atom stereocenters. The van der Waals surface area contributed by atoms with Crippen LogP contribution >= 0.6 is 11.3 Å². The molecule has 106 valence electrons. The Balaban J connectivity index is 2.20. The molecule has 0 spiro atoms. The van der Waals surface area contributed by atoms with E-state index in [0.29, 0.717) is 0 Å². The number of carboxylic acid groups (broad SMARTS) is 1. The average Bonchev–Trinajstić information content (AvgIpc) is 2.90. The van der Waals surface area contributed by atoms with Crippen molar-refractivity contribution in [3.05, 3.63) is 47.1 Å². The zero-order chi connectivity index (χ0) is 14.8. The summed E-state index contributed by atoms with van der Waals surface area (Å²) in [6.07, 6.45) is 3.17. The number of carboxylic acids is 1. The number of nitrogens with zero attached hydrogens (tertiary/aromatic N) is 1. The van der Waals surface area contributed by atoms with Crippen LogP contribution in [-0.4, -0.2) is 24.5 Å². The fraction of sp³-hybridized carbons (Fsp3) is 0.167. The lowest BCUT2D eigenvalue weighted by molar-refractivity contribution is 0.0702. The molecule has 0 aliphatic carbocycles. The predicted molar refractivity (Wildman–Crippen MR) is 74.3 cm³/mol. The molecule has 0 bridgehead atoms. The molecule has 0 saturated heterocycles. The maximum absolute atomic E-state index is 12.1. The van der Waals surface area contributed by atoms with Crippen molar-refractivity contribution in [3.63, 3.8) is 0 Å². The van der Waals surface area contributed by atoms with Crippen LogP contribution in [0.3, 0.4) is 0 Å². The van der Waals surface area contributed by atoms with Crippen LogP contribution in [0.25, 0.3) is 0 Å². The molecule has 0 radical (unpaired) electrons. The SMILES string of the molecule is C[C@@H](NS(=O)(=O)c1ccc(C(=O)O)s1)c1cccnc1. The summed E-state index contributed by atoms with van der Waals surface area (Å²) in [7, 11) is -3.74. The normalized spacial score (nSPS) is 13.1. The Morgan fingerprint density at radius 3 is 2.70 bits per heavy atom. The van der Waals surface area contributed by atoms with Crippen molar-refractivity contribution in [2.75, 3.05) is 0 Å². The van der Waals surface area contributed by atoms with Gasteiger partial charge < -0.3 is 5.11 Å². The number of thiophene rings is 1. The van der Waals surface area contributed by atoms with Gasteiger partial charge >= 0.3 is 5.97 Å². The number of aromatic nitrogens is 1. The monoisotopic (exact) mass is 312 g/mol. The number of carbonyl (C=O) groups is 1. The molecule has 2 aromatic heterocycles. The van der Waals surface area contributed by atoms with Crippen LogP contribution in [-0.2, 0) is 10.0 Å². The first kappa shape index (κ1) is 14.6. The zero-order valence-electron chi connectivity index (χ0n) is 10.5. The molecule has 6 nitrogen and oxygen atoms in total. The third-order valence-electron chi connectivity index (χ3n) is 2.57. The first-order valence-corrected chi connectivity index (χ1v) is 7.95. The Morgan fingerprint density at radius 1 is 1.40 bits per heavy atom. The van der Waals surface area contributed by atoms with Gasteiger partial charge in [-0.1, -0.05) is 6.07 Å². The lowest BCUT2D eigenvalue weighted by Gasteiger charge is -2.13. The molecule has 0 saturated carbocycles. The average molecular weight is 312 g/mol. The highest BCUT2D eigenvalue weighted by atomic mass is 32.2. The van der Waals surface area contributed by atoms with Crippen LogP contribution in [0.15, 0.2) is 40.9 Å². The van der Waals surface area contributed by atoms with Crippen LogP contribution in [0.2, 0.25) is 0 Å². The molecular formula is C12H12N2O4S2. The number of pyridine rings is 1. The molecule has 2 aromatic rings. The van der Waals surface area contributed by atoms with E-state index in [0.717, 1.165) is 16.9 Å². The second kappa shape index (κ2) is 5.70. The lowest BCUT2D eigenvalue weighted by Crippen LogP contribution is -2.26. The van der Waals surface area contributed by atoms with Crippen molar-refractivity contribution in [2.45, 2.75) is 17.2 Å². The molecule has 0 aromatic carbocycles. The molecule has 2 heterocycles. The molecule has 20 heavy (non-hydrogen) atoms. The minimum Gasteiger partial charge on any atom is -0.477 e. The topological polar surface area (TPSA) is 96.4 Å². The molecule has 0 amide bonds. The molecule has 2 rings (SSSR count). The van der Waals surface area contributed by atoms with Crippen molar-refractivity contribution in [2.24, 2.45) is 0 Å². The van der Waals surface area contributed by atoms with E-state index in [2.05, 4.69) is 9.71 Å². The zero-order valence-corrected chi connectivity index (χ0v) is 12.1. The second-order valence-corrected chi connectivity index (χ2v) is 7.08. The van der Waals surface area contributed by atoms with Gasteiger partial charge in [-0.15, -0.1) is 11.3 Å². The highest BCUT2D eigenvalue weighted by Gasteiger charge is 2.21. The summed E-state index contributed by atoms with van der Waals surface area (Å²) in [6.45, 7) is 1.69. The van der Waals surface area contributed by atoms with E-state index in [1.165, 1.54) is 12.1 Å². The van der Waals surface area contributed by atoms with Crippen molar-refractivity contribution in [1.29, 1.82) is 0 Å². The van der Waals surface area contributed by atoms with Gasteiger partial charge in [0.05, 0.1) is 0 Å². The maximum atomic E-state index is 12.1. The summed E-state index contributed by atoms with van der Waals surface area (Å²) in [5.41, 5.74) is 0.728. The Hall–Kier alpha value is -1.77. The third-order valence-corrected chi connectivity index (χ3v) is 5.68. The lowest BCUT2D eigenvalue weighted by atomic mass is 10.2. The summed E-state index contributed by atoms with van der Waals surface area (Å²) >= 11 is 0.719. The van der Waals surface area contributed by atoms with E-state index in [1.807, 2.05) is 0 Å². The second-order valence-electron chi connectivity index (χ2n) is 4.05. The number of nitrogens with one attached hydrogen (secondary N) is 1. The Morgan fingerprint density at radius 2 is 2.15 bits per heavy atom. The van der Waals surface area contributed by atoms with Gasteiger partial charge in [0.1, 0.15) is 9.09 Å². The van der Waals surface area contributed by atoms with Gasteiger partial charge in [-0.25, -0.2) is 17.9 Å². The fourth-order valence-electron chi connectivity index (χ4n) is 1.57. The van der Waals surface area contributed by atoms with E-state index < -0.39 is 22.0 Å². The smallest absolute Gasteiger partial charge is 0.345 e. The maximum Gasteiger partial charge on any atom is 0.345 e. The quantitative estimate of drug-likeness (QED) is 0.878. The van der Waals surface area contributed by atoms with Gasteiger partial charge in [-0.3, -0.25) is 4.98 Å². The summed E-state index contributed by atoms with van der Waals surface area (Å²) in [6, 6.07) is 5.58. The molecule has 0 aliphatic heterocycles. The van der Waals surface area contributed by atoms with Gasteiger partial charge in [-0.05, 0) is 30.7 Å². The molecule has 2 N–H and O–H groups in total. The summed E-state index contributed by atoms with van der Waals surface area (Å²) in [5.74, 6) is -1.14. The van der Waals surface area contributed by atoms with Crippen molar-refractivity contribution >= 4 is 27.3 Å². The number of hydrogen-bond acceptors (Lipinski definition) is 5. The van der Waals surface area contributed by atoms with E-state index in [9.17, 15) is 13.2 Å². The summed E-state index contributed by atoms with van der Waals surface area (Å²) in [4.78, 5) is 14.7. The van der Waals surface area contributed by atoms with Crippen molar-refractivity contribution in [1.82, 2.24) is 9.71 Å². The Labute approximate surface area is 120 Å². The van der Waals surface area contributed by atoms with E-state index in [-0.39, 0.29) is 9.09 Å². The van der Waals surface area contributed by atoms with Crippen LogP contribution in [0, 0.1) is 0 Å². The molecule has 1 atom stereocenters. The largest absolute Gasteiger partial charge is 0.477 e.